The Kier molecular flexibility index (Phi) is 14.0. The summed E-state index contributed by atoms with van der Waals surface area (Å²) in [5.74, 6) is 0. The number of benzene rings is 1. The molecule has 3 nitrogen and oxygen atoms in total. The first-order chi connectivity index (χ1) is 13.0. The van der Waals surface area contributed by atoms with Crippen molar-refractivity contribution in [1.29, 1.82) is 0 Å². The molecular formula is C21H34Br2O3S. The monoisotopic (exact) mass is 524 g/mol. The van der Waals surface area contributed by atoms with E-state index in [0.29, 0.717) is 8.95 Å². The van der Waals surface area contributed by atoms with Gasteiger partial charge in [0.05, 0.1) is 6.61 Å². The standard InChI is InChI=1S/C21H34Br2O3S/c1-2-3-4-5-6-7-8-9-10-11-12-13-14-17-26-27(24,25)21-18-19(22)15-16-20(21)23/h15-16,18H,2-14,17H2,1H3. The minimum atomic E-state index is -3.71. The lowest BCUT2D eigenvalue weighted by molar-refractivity contribution is 0.306. The van der Waals surface area contributed by atoms with Crippen molar-refractivity contribution in [3.63, 3.8) is 0 Å². The van der Waals surface area contributed by atoms with Crippen LogP contribution in [0, 0.1) is 0 Å². The molecule has 0 aliphatic rings. The third kappa shape index (κ3) is 11.6. The van der Waals surface area contributed by atoms with Gasteiger partial charge in [0.2, 0.25) is 0 Å². The normalized spacial score (nSPS) is 11.8. The maximum atomic E-state index is 12.3. The van der Waals surface area contributed by atoms with E-state index in [0.717, 1.165) is 19.3 Å². The van der Waals surface area contributed by atoms with Crippen molar-refractivity contribution in [2.24, 2.45) is 0 Å². The van der Waals surface area contributed by atoms with Crippen molar-refractivity contribution < 1.29 is 12.6 Å². The molecule has 156 valence electrons. The zero-order valence-corrected chi connectivity index (χ0v) is 20.5. The van der Waals surface area contributed by atoms with Gasteiger partial charge in [-0.15, -0.1) is 0 Å². The first-order valence-electron chi connectivity index (χ1n) is 10.3. The largest absolute Gasteiger partial charge is 0.298 e. The number of rotatable bonds is 16. The zero-order valence-electron chi connectivity index (χ0n) is 16.5. The van der Waals surface area contributed by atoms with Crippen LogP contribution in [0.5, 0.6) is 0 Å². The Morgan fingerprint density at radius 3 is 1.78 bits per heavy atom. The average Bonchev–Trinajstić information content (AvgIpc) is 2.64. The molecule has 27 heavy (non-hydrogen) atoms. The summed E-state index contributed by atoms with van der Waals surface area (Å²) in [6, 6.07) is 5.05. The highest BCUT2D eigenvalue weighted by atomic mass is 79.9. The second-order valence-electron chi connectivity index (χ2n) is 7.09. The van der Waals surface area contributed by atoms with Crippen LogP contribution in [0.4, 0.5) is 0 Å². The van der Waals surface area contributed by atoms with Crippen LogP contribution < -0.4 is 0 Å². The number of hydrogen-bond acceptors (Lipinski definition) is 3. The molecule has 6 heteroatoms. The van der Waals surface area contributed by atoms with E-state index in [1.807, 2.05) is 0 Å². The SMILES string of the molecule is CCCCCCCCCCCCCCCOS(=O)(=O)c1cc(Br)ccc1Br. The molecule has 0 spiro atoms. The first kappa shape index (κ1) is 25.1. The smallest absolute Gasteiger partial charge is 0.266 e. The van der Waals surface area contributed by atoms with Crippen molar-refractivity contribution >= 4 is 42.0 Å². The summed E-state index contributed by atoms with van der Waals surface area (Å²) in [5.41, 5.74) is 0. The van der Waals surface area contributed by atoms with Crippen LogP contribution in [0.3, 0.4) is 0 Å². The Balaban J connectivity index is 2.02. The van der Waals surface area contributed by atoms with Crippen LogP contribution in [0.1, 0.15) is 90.4 Å². The highest BCUT2D eigenvalue weighted by Gasteiger charge is 2.18. The van der Waals surface area contributed by atoms with Crippen molar-refractivity contribution in [2.75, 3.05) is 6.61 Å². The Morgan fingerprint density at radius 1 is 0.778 bits per heavy atom. The number of halogens is 2. The van der Waals surface area contributed by atoms with Gasteiger partial charge in [-0.25, -0.2) is 0 Å². The van der Waals surface area contributed by atoms with Crippen molar-refractivity contribution in [3.8, 4) is 0 Å². The first-order valence-corrected chi connectivity index (χ1v) is 13.3. The Bertz CT molecular complexity index is 618. The molecule has 0 unspecified atom stereocenters. The summed E-state index contributed by atoms with van der Waals surface area (Å²) in [7, 11) is -3.71. The Labute approximate surface area is 183 Å². The highest BCUT2D eigenvalue weighted by molar-refractivity contribution is 9.11. The van der Waals surface area contributed by atoms with E-state index in [4.69, 9.17) is 4.18 Å². The average molecular weight is 526 g/mol. The van der Waals surface area contributed by atoms with Gasteiger partial charge >= 0.3 is 0 Å². The molecule has 0 fully saturated rings. The van der Waals surface area contributed by atoms with E-state index in [-0.39, 0.29) is 11.5 Å². The fourth-order valence-corrected chi connectivity index (χ4v) is 5.42. The quantitative estimate of drug-likeness (QED) is 0.162. The van der Waals surface area contributed by atoms with Crippen molar-refractivity contribution in [3.05, 3.63) is 27.1 Å². The van der Waals surface area contributed by atoms with Gasteiger partial charge in [0.15, 0.2) is 0 Å². The van der Waals surface area contributed by atoms with Gasteiger partial charge in [0.1, 0.15) is 4.90 Å². The molecule has 0 atom stereocenters. The summed E-state index contributed by atoms with van der Waals surface area (Å²) in [6.07, 6.45) is 16.4. The topological polar surface area (TPSA) is 43.4 Å². The molecule has 0 saturated heterocycles. The van der Waals surface area contributed by atoms with Gasteiger partial charge in [-0.2, -0.15) is 8.42 Å². The van der Waals surface area contributed by atoms with Crippen LogP contribution in [0.25, 0.3) is 0 Å². The van der Waals surface area contributed by atoms with Crippen LogP contribution in [-0.4, -0.2) is 15.0 Å². The number of unbranched alkanes of at least 4 members (excludes halogenated alkanes) is 12. The molecule has 0 N–H and O–H groups in total. The molecule has 1 aromatic rings. The molecule has 0 amide bonds. The number of hydrogen-bond donors (Lipinski definition) is 0. The molecule has 0 aliphatic heterocycles. The molecule has 0 aromatic heterocycles. The van der Waals surface area contributed by atoms with Gasteiger partial charge in [-0.1, -0.05) is 99.9 Å². The Hall–Kier alpha value is 0.0900. The van der Waals surface area contributed by atoms with E-state index in [9.17, 15) is 8.42 Å². The fourth-order valence-electron chi connectivity index (χ4n) is 3.02. The van der Waals surface area contributed by atoms with E-state index >= 15 is 0 Å². The summed E-state index contributed by atoms with van der Waals surface area (Å²) >= 11 is 6.57. The van der Waals surface area contributed by atoms with Gasteiger partial charge in [-0.05, 0) is 40.5 Å². The maximum absolute atomic E-state index is 12.3. The molecule has 1 rings (SSSR count). The Morgan fingerprint density at radius 2 is 1.26 bits per heavy atom. The molecule has 0 heterocycles. The third-order valence-electron chi connectivity index (χ3n) is 4.65. The van der Waals surface area contributed by atoms with E-state index < -0.39 is 10.1 Å². The van der Waals surface area contributed by atoms with E-state index in [1.54, 1.807) is 18.2 Å². The minimum absolute atomic E-state index is 0.173. The lowest BCUT2D eigenvalue weighted by Gasteiger charge is -2.08. The van der Waals surface area contributed by atoms with Crippen LogP contribution >= 0.6 is 31.9 Å². The second kappa shape index (κ2) is 15.0. The summed E-state index contributed by atoms with van der Waals surface area (Å²) < 4.78 is 30.9. The maximum Gasteiger partial charge on any atom is 0.298 e. The highest BCUT2D eigenvalue weighted by Crippen LogP contribution is 2.27. The van der Waals surface area contributed by atoms with Crippen molar-refractivity contribution in [1.82, 2.24) is 0 Å². The summed E-state index contributed by atoms with van der Waals surface area (Å²) in [5, 5.41) is 0. The molecule has 0 aliphatic carbocycles. The van der Waals surface area contributed by atoms with Gasteiger partial charge in [0.25, 0.3) is 10.1 Å². The van der Waals surface area contributed by atoms with E-state index in [2.05, 4.69) is 38.8 Å². The van der Waals surface area contributed by atoms with Gasteiger partial charge < -0.3 is 0 Å². The third-order valence-corrected chi connectivity index (χ3v) is 7.45. The second-order valence-corrected chi connectivity index (χ2v) is 10.4. The molecule has 1 aromatic carbocycles. The van der Waals surface area contributed by atoms with E-state index in [1.165, 1.54) is 64.2 Å². The van der Waals surface area contributed by atoms with Gasteiger partial charge in [-0.3, -0.25) is 4.18 Å². The molecule has 0 saturated carbocycles. The lowest BCUT2D eigenvalue weighted by atomic mass is 10.0. The lowest BCUT2D eigenvalue weighted by Crippen LogP contribution is -2.08. The van der Waals surface area contributed by atoms with Crippen LogP contribution in [-0.2, 0) is 14.3 Å². The molecule has 0 radical (unpaired) electrons. The predicted molar refractivity (Wildman–Crippen MR) is 121 cm³/mol. The fraction of sp³-hybridized carbons (Fsp3) is 0.714. The van der Waals surface area contributed by atoms with Crippen LogP contribution in [0.15, 0.2) is 32.0 Å². The molecular weight excluding hydrogens is 492 g/mol. The van der Waals surface area contributed by atoms with Gasteiger partial charge in [0, 0.05) is 8.95 Å². The molecule has 0 bridgehead atoms. The zero-order chi connectivity index (χ0) is 20.0. The minimum Gasteiger partial charge on any atom is -0.266 e. The summed E-state index contributed by atoms with van der Waals surface area (Å²) in [4.78, 5) is 0.173. The van der Waals surface area contributed by atoms with Crippen molar-refractivity contribution in [2.45, 2.75) is 95.3 Å². The predicted octanol–water partition coefficient (Wildman–Crippen LogP) is 8.01. The summed E-state index contributed by atoms with van der Waals surface area (Å²) in [6.45, 7) is 2.51. The van der Waals surface area contributed by atoms with Crippen LogP contribution in [0.2, 0.25) is 0 Å².